The highest BCUT2D eigenvalue weighted by molar-refractivity contribution is 5.25. The van der Waals surface area contributed by atoms with E-state index in [0.717, 1.165) is 25.1 Å². The first-order chi connectivity index (χ1) is 8.47. The smallest absolute Gasteiger partial charge is 0.372 e. The van der Waals surface area contributed by atoms with Crippen LogP contribution >= 0.6 is 0 Å². The first-order valence-corrected chi connectivity index (χ1v) is 5.65. The monoisotopic (exact) mass is 263 g/mol. The van der Waals surface area contributed by atoms with Crippen molar-refractivity contribution >= 4 is 0 Å². The molecule has 1 fully saturated rings. The first-order valence-electron chi connectivity index (χ1n) is 5.65. The van der Waals surface area contributed by atoms with Crippen molar-refractivity contribution in [3.63, 3.8) is 0 Å². The number of halogens is 4. The largest absolute Gasteiger partial charge is 0.416 e. The van der Waals surface area contributed by atoms with Crippen molar-refractivity contribution in [3.05, 3.63) is 35.1 Å². The molecule has 0 saturated carbocycles. The average Bonchev–Trinajstić information content (AvgIpc) is 2.79. The molecule has 1 heterocycles. The van der Waals surface area contributed by atoms with Gasteiger partial charge in [-0.05, 0) is 25.1 Å². The van der Waals surface area contributed by atoms with E-state index in [1.807, 2.05) is 0 Å². The highest BCUT2D eigenvalue weighted by Crippen LogP contribution is 2.30. The van der Waals surface area contributed by atoms with Crippen LogP contribution in [0, 0.1) is 5.82 Å². The molecule has 1 aliphatic heterocycles. The lowest BCUT2D eigenvalue weighted by Crippen LogP contribution is -2.17. The number of rotatable bonds is 3. The second kappa shape index (κ2) is 5.24. The molecule has 1 saturated heterocycles. The molecule has 1 atom stereocenters. The van der Waals surface area contributed by atoms with Crippen LogP contribution < -0.4 is 5.32 Å². The number of nitrogens with one attached hydrogen (secondary N) is 1. The van der Waals surface area contributed by atoms with E-state index in [2.05, 4.69) is 5.32 Å². The van der Waals surface area contributed by atoms with Crippen LogP contribution in [0.15, 0.2) is 18.2 Å². The van der Waals surface area contributed by atoms with E-state index < -0.39 is 17.6 Å². The highest BCUT2D eigenvalue weighted by Gasteiger charge is 2.31. The minimum Gasteiger partial charge on any atom is -0.372 e. The summed E-state index contributed by atoms with van der Waals surface area (Å²) >= 11 is 0. The molecule has 0 bridgehead atoms. The van der Waals surface area contributed by atoms with Crippen LogP contribution in [-0.4, -0.2) is 19.2 Å². The maximum absolute atomic E-state index is 13.5. The van der Waals surface area contributed by atoms with Gasteiger partial charge < -0.3 is 10.1 Å². The van der Waals surface area contributed by atoms with E-state index in [4.69, 9.17) is 4.74 Å². The lowest BCUT2D eigenvalue weighted by atomic mass is 10.1. The number of benzene rings is 1. The molecule has 2 rings (SSSR count). The molecule has 0 aliphatic carbocycles. The number of hydrogen-bond acceptors (Lipinski definition) is 2. The van der Waals surface area contributed by atoms with Gasteiger partial charge in [-0.25, -0.2) is 4.39 Å². The third-order valence-electron chi connectivity index (χ3n) is 2.87. The van der Waals surface area contributed by atoms with Gasteiger partial charge in [0, 0.05) is 12.1 Å². The SMILES string of the molecule is Fc1cc(C(F)(F)F)ccc1COC1CCNC1. The normalized spacial score (nSPS) is 20.3. The molecule has 2 nitrogen and oxygen atoms in total. The van der Waals surface area contributed by atoms with Crippen LogP contribution in [0.2, 0.25) is 0 Å². The summed E-state index contributed by atoms with van der Waals surface area (Å²) in [5.41, 5.74) is -0.832. The molecular formula is C12H13F4NO. The molecule has 18 heavy (non-hydrogen) atoms. The van der Waals surface area contributed by atoms with Crippen LogP contribution in [0.25, 0.3) is 0 Å². The van der Waals surface area contributed by atoms with Gasteiger partial charge in [-0.2, -0.15) is 13.2 Å². The van der Waals surface area contributed by atoms with Crippen LogP contribution in [-0.2, 0) is 17.5 Å². The van der Waals surface area contributed by atoms with Crippen molar-refractivity contribution in [2.24, 2.45) is 0 Å². The van der Waals surface area contributed by atoms with Crippen LogP contribution in [0.1, 0.15) is 17.5 Å². The van der Waals surface area contributed by atoms with E-state index in [1.54, 1.807) is 0 Å². The summed E-state index contributed by atoms with van der Waals surface area (Å²) in [5, 5.41) is 3.08. The number of ether oxygens (including phenoxy) is 1. The predicted octanol–water partition coefficient (Wildman–Crippen LogP) is 2.72. The molecule has 0 amide bonds. The minimum absolute atomic E-state index is 0.00365. The zero-order chi connectivity index (χ0) is 13.2. The molecule has 0 radical (unpaired) electrons. The maximum atomic E-state index is 13.5. The molecule has 1 aliphatic rings. The van der Waals surface area contributed by atoms with Gasteiger partial charge in [0.2, 0.25) is 0 Å². The Bertz CT molecular complexity index is 413. The molecule has 0 spiro atoms. The van der Waals surface area contributed by atoms with E-state index >= 15 is 0 Å². The quantitative estimate of drug-likeness (QED) is 0.847. The summed E-state index contributed by atoms with van der Waals surface area (Å²) < 4.78 is 55.8. The Kier molecular flexibility index (Phi) is 3.87. The van der Waals surface area contributed by atoms with Crippen molar-refractivity contribution in [3.8, 4) is 0 Å². The summed E-state index contributed by atoms with van der Waals surface area (Å²) in [7, 11) is 0. The van der Waals surface area contributed by atoms with Crippen LogP contribution in [0.3, 0.4) is 0 Å². The zero-order valence-corrected chi connectivity index (χ0v) is 9.56. The highest BCUT2D eigenvalue weighted by atomic mass is 19.4. The molecular weight excluding hydrogens is 250 g/mol. The van der Waals surface area contributed by atoms with Crippen LogP contribution in [0.4, 0.5) is 17.6 Å². The number of alkyl halides is 3. The van der Waals surface area contributed by atoms with Crippen molar-refractivity contribution < 1.29 is 22.3 Å². The lowest BCUT2D eigenvalue weighted by Gasteiger charge is -2.12. The predicted molar refractivity (Wildman–Crippen MR) is 57.5 cm³/mol. The van der Waals surface area contributed by atoms with Crippen molar-refractivity contribution in [2.45, 2.75) is 25.3 Å². The van der Waals surface area contributed by atoms with Gasteiger partial charge in [0.25, 0.3) is 0 Å². The molecule has 6 heteroatoms. The topological polar surface area (TPSA) is 21.3 Å². The second-order valence-corrected chi connectivity index (χ2v) is 4.23. The first kappa shape index (κ1) is 13.3. The van der Waals surface area contributed by atoms with Gasteiger partial charge in [-0.3, -0.25) is 0 Å². The number of hydrogen-bond donors (Lipinski definition) is 1. The Labute approximate surface area is 102 Å². The Morgan fingerprint density at radius 3 is 2.67 bits per heavy atom. The average molecular weight is 263 g/mol. The fourth-order valence-electron chi connectivity index (χ4n) is 1.82. The van der Waals surface area contributed by atoms with E-state index in [-0.39, 0.29) is 18.3 Å². The van der Waals surface area contributed by atoms with Gasteiger partial charge >= 0.3 is 6.18 Å². The third kappa shape index (κ3) is 3.20. The zero-order valence-electron chi connectivity index (χ0n) is 9.56. The molecule has 1 N–H and O–H groups in total. The summed E-state index contributed by atoms with van der Waals surface area (Å²) in [6.45, 7) is 1.54. The Morgan fingerprint density at radius 2 is 2.11 bits per heavy atom. The van der Waals surface area contributed by atoms with Gasteiger partial charge in [0.15, 0.2) is 0 Å². The lowest BCUT2D eigenvalue weighted by molar-refractivity contribution is -0.137. The molecule has 100 valence electrons. The fraction of sp³-hybridized carbons (Fsp3) is 0.500. The van der Waals surface area contributed by atoms with Gasteiger partial charge in [-0.1, -0.05) is 6.07 Å². The van der Waals surface area contributed by atoms with E-state index in [9.17, 15) is 17.6 Å². The van der Waals surface area contributed by atoms with Crippen molar-refractivity contribution in [1.82, 2.24) is 5.32 Å². The summed E-state index contributed by atoms with van der Waals surface area (Å²) in [5.74, 6) is -0.879. The van der Waals surface area contributed by atoms with E-state index in [0.29, 0.717) is 12.6 Å². The van der Waals surface area contributed by atoms with Crippen molar-refractivity contribution in [2.75, 3.05) is 13.1 Å². The van der Waals surface area contributed by atoms with Gasteiger partial charge in [0.1, 0.15) is 5.82 Å². The summed E-state index contributed by atoms with van der Waals surface area (Å²) in [6.07, 6.45) is -3.68. The van der Waals surface area contributed by atoms with Gasteiger partial charge in [0.05, 0.1) is 18.3 Å². The fourth-order valence-corrected chi connectivity index (χ4v) is 1.82. The summed E-state index contributed by atoms with van der Waals surface area (Å²) in [6, 6.07) is 2.50. The van der Waals surface area contributed by atoms with Crippen molar-refractivity contribution in [1.29, 1.82) is 0 Å². The van der Waals surface area contributed by atoms with E-state index in [1.165, 1.54) is 0 Å². The maximum Gasteiger partial charge on any atom is 0.416 e. The van der Waals surface area contributed by atoms with Gasteiger partial charge in [-0.15, -0.1) is 0 Å². The standard InChI is InChI=1S/C12H13F4NO/c13-11-5-9(12(14,15)16)2-1-8(11)7-18-10-3-4-17-6-10/h1-2,5,10,17H,3-4,6-7H2. The molecule has 1 aromatic carbocycles. The minimum atomic E-state index is -4.52. The second-order valence-electron chi connectivity index (χ2n) is 4.23. The Morgan fingerprint density at radius 1 is 1.33 bits per heavy atom. The molecule has 0 aromatic heterocycles. The van der Waals surface area contributed by atoms with Crippen LogP contribution in [0.5, 0.6) is 0 Å². The third-order valence-corrected chi connectivity index (χ3v) is 2.87. The Hall–Kier alpha value is -1.14. The Balaban J connectivity index is 2.01. The molecule has 1 aromatic rings. The summed E-state index contributed by atoms with van der Waals surface area (Å²) in [4.78, 5) is 0. The molecule has 1 unspecified atom stereocenters.